The predicted octanol–water partition coefficient (Wildman–Crippen LogP) is 0.732. The average molecular weight is 148 g/mol. The number of hydrogen-bond acceptors (Lipinski definition) is 2. The van der Waals surface area contributed by atoms with E-state index in [-0.39, 0.29) is 5.90 Å². The van der Waals surface area contributed by atoms with E-state index in [1.165, 1.54) is 7.05 Å². The summed E-state index contributed by atoms with van der Waals surface area (Å²) in [5, 5.41) is 11.0. The molecule has 1 aromatic carbocycles. The first-order valence-electron chi connectivity index (χ1n) is 3.45. The van der Waals surface area contributed by atoms with Crippen LogP contribution in [0.15, 0.2) is 29.3 Å². The first-order valence-corrected chi connectivity index (χ1v) is 3.45. The number of aryl methyl sites for hydroxylation is 1. The zero-order chi connectivity index (χ0) is 8.27. The largest absolute Gasteiger partial charge is 0.859 e. The highest BCUT2D eigenvalue weighted by Gasteiger charge is 1.88. The Bertz CT molecular complexity index is 261. The lowest BCUT2D eigenvalue weighted by atomic mass is 10.1. The molecule has 0 fully saturated rings. The van der Waals surface area contributed by atoms with Gasteiger partial charge in [0, 0.05) is 7.05 Å². The fourth-order valence-electron chi connectivity index (χ4n) is 0.825. The van der Waals surface area contributed by atoms with E-state index in [1.807, 2.05) is 19.1 Å². The van der Waals surface area contributed by atoms with Crippen LogP contribution in [0.4, 0.5) is 0 Å². The van der Waals surface area contributed by atoms with Gasteiger partial charge in [-0.2, -0.15) is 0 Å². The zero-order valence-electron chi connectivity index (χ0n) is 6.66. The van der Waals surface area contributed by atoms with Crippen molar-refractivity contribution in [3.8, 4) is 0 Å². The molecule has 1 rings (SSSR count). The van der Waals surface area contributed by atoms with Gasteiger partial charge in [0.1, 0.15) is 0 Å². The third-order valence-corrected chi connectivity index (χ3v) is 1.50. The van der Waals surface area contributed by atoms with E-state index in [1.54, 1.807) is 12.1 Å². The molecule has 0 aliphatic carbocycles. The molecule has 0 aromatic heterocycles. The minimum Gasteiger partial charge on any atom is -0.859 e. The van der Waals surface area contributed by atoms with Crippen molar-refractivity contribution in [3.63, 3.8) is 0 Å². The summed E-state index contributed by atoms with van der Waals surface area (Å²) in [6, 6.07) is 7.37. The van der Waals surface area contributed by atoms with Gasteiger partial charge in [0.2, 0.25) is 0 Å². The molecule has 0 saturated heterocycles. The number of nitrogens with zero attached hydrogens (tertiary/aromatic N) is 1. The summed E-state index contributed by atoms with van der Waals surface area (Å²) in [5.74, 6) is -0.162. The fourth-order valence-corrected chi connectivity index (χ4v) is 0.825. The first kappa shape index (κ1) is 7.79. The van der Waals surface area contributed by atoms with Crippen molar-refractivity contribution in [2.75, 3.05) is 7.05 Å². The Balaban J connectivity index is 2.99. The highest BCUT2D eigenvalue weighted by atomic mass is 16.3. The summed E-state index contributed by atoms with van der Waals surface area (Å²) >= 11 is 0. The first-order chi connectivity index (χ1) is 5.24. The van der Waals surface area contributed by atoms with Crippen molar-refractivity contribution in [1.29, 1.82) is 0 Å². The Hall–Kier alpha value is -1.31. The SMILES string of the molecule is CN=C([O-])c1ccc(C)cc1. The van der Waals surface area contributed by atoms with Gasteiger partial charge in [-0.3, -0.25) is 0 Å². The smallest absolute Gasteiger partial charge is 0.0270 e. The van der Waals surface area contributed by atoms with Crippen molar-refractivity contribution in [2.45, 2.75) is 6.92 Å². The molecule has 0 spiro atoms. The molecule has 2 nitrogen and oxygen atoms in total. The second kappa shape index (κ2) is 3.19. The Morgan fingerprint density at radius 2 is 1.82 bits per heavy atom. The molecular weight excluding hydrogens is 138 g/mol. The monoisotopic (exact) mass is 148 g/mol. The quantitative estimate of drug-likeness (QED) is 0.427. The Kier molecular flexibility index (Phi) is 2.26. The summed E-state index contributed by atoms with van der Waals surface area (Å²) in [4.78, 5) is 3.55. The van der Waals surface area contributed by atoms with Gasteiger partial charge in [0.25, 0.3) is 0 Å². The summed E-state index contributed by atoms with van der Waals surface area (Å²) < 4.78 is 0. The van der Waals surface area contributed by atoms with Crippen molar-refractivity contribution < 1.29 is 5.11 Å². The molecule has 0 heterocycles. The summed E-state index contributed by atoms with van der Waals surface area (Å²) in [6.07, 6.45) is 0. The summed E-state index contributed by atoms with van der Waals surface area (Å²) in [6.45, 7) is 1.98. The van der Waals surface area contributed by atoms with Crippen molar-refractivity contribution >= 4 is 5.90 Å². The second-order valence-corrected chi connectivity index (χ2v) is 2.39. The molecule has 0 aliphatic rings. The van der Waals surface area contributed by atoms with Crippen LogP contribution in [-0.4, -0.2) is 12.9 Å². The van der Waals surface area contributed by atoms with Crippen molar-refractivity contribution in [2.24, 2.45) is 4.99 Å². The molecule has 0 radical (unpaired) electrons. The van der Waals surface area contributed by atoms with Gasteiger partial charge in [0.05, 0.1) is 0 Å². The third-order valence-electron chi connectivity index (χ3n) is 1.50. The molecular formula is C9H10NO-. The van der Waals surface area contributed by atoms with Gasteiger partial charge in [-0.15, -0.1) is 0 Å². The van der Waals surface area contributed by atoms with Crippen LogP contribution >= 0.6 is 0 Å². The summed E-state index contributed by atoms with van der Waals surface area (Å²) in [5.41, 5.74) is 1.80. The van der Waals surface area contributed by atoms with Crippen LogP contribution < -0.4 is 5.11 Å². The van der Waals surface area contributed by atoms with Gasteiger partial charge in [-0.1, -0.05) is 29.8 Å². The standard InChI is InChI=1S/C9H11NO/c1-7-3-5-8(6-4-7)9(11)10-2/h3-6H,1-2H3,(H,10,11)/p-1. The zero-order valence-corrected chi connectivity index (χ0v) is 6.66. The van der Waals surface area contributed by atoms with Crippen LogP contribution in [0.25, 0.3) is 0 Å². The van der Waals surface area contributed by atoms with E-state index >= 15 is 0 Å². The van der Waals surface area contributed by atoms with Crippen LogP contribution in [0.1, 0.15) is 11.1 Å². The lowest BCUT2D eigenvalue weighted by Crippen LogP contribution is -2.18. The Labute approximate surface area is 66.2 Å². The second-order valence-electron chi connectivity index (χ2n) is 2.39. The number of benzene rings is 1. The van der Waals surface area contributed by atoms with Gasteiger partial charge in [0.15, 0.2) is 0 Å². The van der Waals surface area contributed by atoms with Crippen LogP contribution in [0.5, 0.6) is 0 Å². The maximum Gasteiger partial charge on any atom is 0.0270 e. The normalized spacial score (nSPS) is 11.6. The van der Waals surface area contributed by atoms with Crippen LogP contribution in [0, 0.1) is 6.92 Å². The fraction of sp³-hybridized carbons (Fsp3) is 0.222. The number of rotatable bonds is 1. The van der Waals surface area contributed by atoms with Crippen molar-refractivity contribution in [3.05, 3.63) is 35.4 Å². The molecule has 0 aliphatic heterocycles. The van der Waals surface area contributed by atoms with Gasteiger partial charge >= 0.3 is 0 Å². The third kappa shape index (κ3) is 1.80. The van der Waals surface area contributed by atoms with Gasteiger partial charge in [-0.25, -0.2) is 0 Å². The molecule has 1 aromatic rings. The van der Waals surface area contributed by atoms with E-state index in [0.29, 0.717) is 5.56 Å². The Morgan fingerprint density at radius 1 is 1.27 bits per heavy atom. The van der Waals surface area contributed by atoms with Crippen LogP contribution in [0.2, 0.25) is 0 Å². The van der Waals surface area contributed by atoms with Gasteiger partial charge in [-0.05, 0) is 18.4 Å². The lowest BCUT2D eigenvalue weighted by molar-refractivity contribution is -0.213. The Morgan fingerprint density at radius 3 is 2.27 bits per heavy atom. The minimum absolute atomic E-state index is 0.162. The number of hydrogen-bond donors (Lipinski definition) is 0. The van der Waals surface area contributed by atoms with Crippen LogP contribution in [-0.2, 0) is 0 Å². The molecule has 0 saturated carbocycles. The molecule has 0 atom stereocenters. The van der Waals surface area contributed by atoms with E-state index in [0.717, 1.165) is 5.56 Å². The highest BCUT2D eigenvalue weighted by molar-refractivity contribution is 5.90. The van der Waals surface area contributed by atoms with E-state index in [4.69, 9.17) is 0 Å². The topological polar surface area (TPSA) is 35.4 Å². The van der Waals surface area contributed by atoms with E-state index in [2.05, 4.69) is 4.99 Å². The molecule has 58 valence electrons. The highest BCUT2D eigenvalue weighted by Crippen LogP contribution is 2.01. The van der Waals surface area contributed by atoms with E-state index in [9.17, 15) is 5.11 Å². The molecule has 11 heavy (non-hydrogen) atoms. The molecule has 0 N–H and O–H groups in total. The average Bonchev–Trinajstić information content (AvgIpc) is 2.05. The maximum atomic E-state index is 11.0. The van der Waals surface area contributed by atoms with Crippen LogP contribution in [0.3, 0.4) is 0 Å². The minimum atomic E-state index is -0.162. The number of aliphatic imine (C=N–C) groups is 1. The van der Waals surface area contributed by atoms with E-state index < -0.39 is 0 Å². The molecule has 0 unspecified atom stereocenters. The van der Waals surface area contributed by atoms with Gasteiger partial charge < -0.3 is 10.1 Å². The molecule has 2 heteroatoms. The maximum absolute atomic E-state index is 11.0. The molecule has 0 amide bonds. The molecule has 0 bridgehead atoms. The summed E-state index contributed by atoms with van der Waals surface area (Å²) in [7, 11) is 1.50. The van der Waals surface area contributed by atoms with Crippen molar-refractivity contribution in [1.82, 2.24) is 0 Å². The lowest BCUT2D eigenvalue weighted by Gasteiger charge is -2.08. The predicted molar refractivity (Wildman–Crippen MR) is 43.6 cm³/mol.